The van der Waals surface area contributed by atoms with Crippen LogP contribution in [0.15, 0.2) is 24.3 Å². The van der Waals surface area contributed by atoms with Gasteiger partial charge in [0.2, 0.25) is 0 Å². The molecule has 19 heavy (non-hydrogen) atoms. The maximum atomic E-state index is 9.26. The molecule has 1 N–H and O–H groups in total. The van der Waals surface area contributed by atoms with Gasteiger partial charge in [-0.3, -0.25) is 0 Å². The molecule has 6 heteroatoms. The molecule has 102 valence electrons. The van der Waals surface area contributed by atoms with Crippen molar-refractivity contribution in [2.45, 2.75) is 19.6 Å². The van der Waals surface area contributed by atoms with Gasteiger partial charge in [0.05, 0.1) is 6.61 Å². The molecule has 2 rings (SSSR count). The van der Waals surface area contributed by atoms with Crippen molar-refractivity contribution in [3.8, 4) is 0 Å². The number of aliphatic hydroxyl groups is 1. The fraction of sp³-hybridized carbons (Fsp3) is 0.385. The topological polar surface area (TPSA) is 60.2 Å². The molecule has 0 radical (unpaired) electrons. The average Bonchev–Trinajstić information content (AvgIpc) is 2.78. The first-order chi connectivity index (χ1) is 9.24. The zero-order valence-corrected chi connectivity index (χ0v) is 11.5. The van der Waals surface area contributed by atoms with Crippen molar-refractivity contribution in [1.29, 1.82) is 0 Å². The summed E-state index contributed by atoms with van der Waals surface area (Å²) in [6.07, 6.45) is 0.622. The summed E-state index contributed by atoms with van der Waals surface area (Å²) in [5, 5.41) is 18.1. The fourth-order valence-electron chi connectivity index (χ4n) is 1.89. The van der Waals surface area contributed by atoms with Gasteiger partial charge in [0, 0.05) is 25.1 Å². The third-order valence-corrected chi connectivity index (χ3v) is 3.05. The van der Waals surface area contributed by atoms with E-state index in [1.165, 1.54) is 0 Å². The standard InChI is InChI=1S/C13H16ClN3O2/c1-19-6-5-17-12(15-16-13(17)9-18)8-10-3-2-4-11(14)7-10/h2-4,7,18H,5-6,8-9H2,1H3. The first-order valence-electron chi connectivity index (χ1n) is 5.99. The van der Waals surface area contributed by atoms with E-state index in [9.17, 15) is 5.11 Å². The summed E-state index contributed by atoms with van der Waals surface area (Å²) >= 11 is 5.96. The van der Waals surface area contributed by atoms with Gasteiger partial charge >= 0.3 is 0 Å². The van der Waals surface area contributed by atoms with Gasteiger partial charge in [-0.1, -0.05) is 23.7 Å². The maximum absolute atomic E-state index is 9.26. The molecule has 0 aliphatic rings. The molecular weight excluding hydrogens is 266 g/mol. The monoisotopic (exact) mass is 281 g/mol. The first kappa shape index (κ1) is 14.0. The Kier molecular flexibility index (Phi) is 4.90. The third-order valence-electron chi connectivity index (χ3n) is 2.82. The first-order valence-corrected chi connectivity index (χ1v) is 6.37. The normalized spacial score (nSPS) is 10.9. The Labute approximate surface area is 116 Å². The molecule has 5 nitrogen and oxygen atoms in total. The van der Waals surface area contributed by atoms with Crippen LogP contribution in [0.25, 0.3) is 0 Å². The van der Waals surface area contributed by atoms with E-state index in [1.807, 2.05) is 28.8 Å². The van der Waals surface area contributed by atoms with Gasteiger partial charge in [0.25, 0.3) is 0 Å². The van der Waals surface area contributed by atoms with Crippen LogP contribution in [0.3, 0.4) is 0 Å². The maximum Gasteiger partial charge on any atom is 0.158 e. The van der Waals surface area contributed by atoms with Crippen LogP contribution >= 0.6 is 11.6 Å². The summed E-state index contributed by atoms with van der Waals surface area (Å²) in [5.41, 5.74) is 1.06. The SMILES string of the molecule is COCCn1c(CO)nnc1Cc1cccc(Cl)c1. The molecule has 0 atom stereocenters. The number of rotatable bonds is 6. The number of benzene rings is 1. The lowest BCUT2D eigenvalue weighted by molar-refractivity contribution is 0.181. The van der Waals surface area contributed by atoms with E-state index in [4.69, 9.17) is 16.3 Å². The van der Waals surface area contributed by atoms with Crippen molar-refractivity contribution in [3.63, 3.8) is 0 Å². The largest absolute Gasteiger partial charge is 0.388 e. The van der Waals surface area contributed by atoms with Crippen LogP contribution in [0.2, 0.25) is 5.02 Å². The number of hydrogen-bond acceptors (Lipinski definition) is 4. The fourth-order valence-corrected chi connectivity index (χ4v) is 2.10. The number of halogens is 1. The highest BCUT2D eigenvalue weighted by Gasteiger charge is 2.11. The summed E-state index contributed by atoms with van der Waals surface area (Å²) in [7, 11) is 1.64. The van der Waals surface area contributed by atoms with Crippen LogP contribution in [-0.2, 0) is 24.3 Å². The molecule has 1 aromatic carbocycles. The van der Waals surface area contributed by atoms with Crippen LogP contribution in [-0.4, -0.2) is 33.6 Å². The Bertz CT molecular complexity index is 542. The molecule has 1 heterocycles. The molecule has 0 aliphatic carbocycles. The Morgan fingerprint density at radius 1 is 1.32 bits per heavy atom. The number of nitrogens with zero attached hydrogens (tertiary/aromatic N) is 3. The van der Waals surface area contributed by atoms with Gasteiger partial charge in [0.15, 0.2) is 5.82 Å². The van der Waals surface area contributed by atoms with E-state index < -0.39 is 0 Å². The Morgan fingerprint density at radius 3 is 2.79 bits per heavy atom. The third kappa shape index (κ3) is 3.53. The van der Waals surface area contributed by atoms with Crippen LogP contribution in [0.5, 0.6) is 0 Å². The van der Waals surface area contributed by atoms with E-state index in [0.717, 1.165) is 11.4 Å². The summed E-state index contributed by atoms with van der Waals surface area (Å²) in [6, 6.07) is 7.62. The summed E-state index contributed by atoms with van der Waals surface area (Å²) in [5.74, 6) is 1.34. The smallest absolute Gasteiger partial charge is 0.158 e. The Balaban J connectivity index is 2.21. The van der Waals surface area contributed by atoms with Crippen LogP contribution in [0.1, 0.15) is 17.2 Å². The van der Waals surface area contributed by atoms with E-state index in [1.54, 1.807) is 7.11 Å². The minimum absolute atomic E-state index is 0.133. The Hall–Kier alpha value is -1.43. The van der Waals surface area contributed by atoms with Crippen molar-refractivity contribution in [2.75, 3.05) is 13.7 Å². The number of aromatic nitrogens is 3. The van der Waals surface area contributed by atoms with Crippen molar-refractivity contribution >= 4 is 11.6 Å². The zero-order chi connectivity index (χ0) is 13.7. The predicted octanol–water partition coefficient (Wildman–Crippen LogP) is 1.66. The van der Waals surface area contributed by atoms with Gasteiger partial charge in [-0.2, -0.15) is 0 Å². The minimum atomic E-state index is -0.133. The molecule has 1 aromatic heterocycles. The molecule has 0 unspecified atom stereocenters. The lowest BCUT2D eigenvalue weighted by Crippen LogP contribution is -2.12. The molecule has 0 saturated carbocycles. The van der Waals surface area contributed by atoms with Gasteiger partial charge in [-0.15, -0.1) is 10.2 Å². The summed E-state index contributed by atoms with van der Waals surface area (Å²) in [4.78, 5) is 0. The highest BCUT2D eigenvalue weighted by molar-refractivity contribution is 6.30. The van der Waals surface area contributed by atoms with Crippen molar-refractivity contribution < 1.29 is 9.84 Å². The lowest BCUT2D eigenvalue weighted by Gasteiger charge is -2.08. The molecule has 0 fully saturated rings. The van der Waals surface area contributed by atoms with E-state index in [2.05, 4.69) is 10.2 Å². The number of methoxy groups -OCH3 is 1. The van der Waals surface area contributed by atoms with Gasteiger partial charge in [-0.25, -0.2) is 0 Å². The molecule has 0 amide bonds. The number of aliphatic hydroxyl groups excluding tert-OH is 1. The van der Waals surface area contributed by atoms with E-state index >= 15 is 0 Å². The van der Waals surface area contributed by atoms with Crippen molar-refractivity contribution in [1.82, 2.24) is 14.8 Å². The molecule has 0 spiro atoms. The summed E-state index contributed by atoms with van der Waals surface area (Å²) < 4.78 is 6.94. The van der Waals surface area contributed by atoms with Crippen LogP contribution < -0.4 is 0 Å². The predicted molar refractivity (Wildman–Crippen MR) is 72.1 cm³/mol. The molecular formula is C13H16ClN3O2. The molecule has 2 aromatic rings. The average molecular weight is 282 g/mol. The second-order valence-corrected chi connectivity index (χ2v) is 4.58. The van der Waals surface area contributed by atoms with Gasteiger partial charge < -0.3 is 14.4 Å². The number of hydrogen-bond donors (Lipinski definition) is 1. The van der Waals surface area contributed by atoms with Gasteiger partial charge in [-0.05, 0) is 17.7 Å². The quantitative estimate of drug-likeness (QED) is 0.875. The van der Waals surface area contributed by atoms with Crippen LogP contribution in [0, 0.1) is 0 Å². The van der Waals surface area contributed by atoms with E-state index in [0.29, 0.717) is 30.4 Å². The van der Waals surface area contributed by atoms with Crippen LogP contribution in [0.4, 0.5) is 0 Å². The molecule has 0 bridgehead atoms. The number of ether oxygens (including phenoxy) is 1. The van der Waals surface area contributed by atoms with E-state index in [-0.39, 0.29) is 6.61 Å². The minimum Gasteiger partial charge on any atom is -0.388 e. The van der Waals surface area contributed by atoms with Crippen molar-refractivity contribution in [3.05, 3.63) is 46.5 Å². The summed E-state index contributed by atoms with van der Waals surface area (Å²) in [6.45, 7) is 1.04. The second kappa shape index (κ2) is 6.65. The van der Waals surface area contributed by atoms with Gasteiger partial charge in [0.1, 0.15) is 12.4 Å². The Morgan fingerprint density at radius 2 is 2.11 bits per heavy atom. The second-order valence-electron chi connectivity index (χ2n) is 4.14. The zero-order valence-electron chi connectivity index (χ0n) is 10.7. The highest BCUT2D eigenvalue weighted by atomic mass is 35.5. The van der Waals surface area contributed by atoms with Crippen molar-refractivity contribution in [2.24, 2.45) is 0 Å². The molecule has 0 aliphatic heterocycles. The molecule has 0 saturated heterocycles. The lowest BCUT2D eigenvalue weighted by atomic mass is 10.1. The highest BCUT2D eigenvalue weighted by Crippen LogP contribution is 2.14.